The predicted molar refractivity (Wildman–Crippen MR) is 108 cm³/mol. The molecule has 5 saturated carbocycles. The maximum absolute atomic E-state index is 12.6. The van der Waals surface area contributed by atoms with Crippen LogP contribution in [0.5, 0.6) is 0 Å². The molecular weight excluding hydrogens is 332 g/mol. The minimum atomic E-state index is -0.165. The minimum absolute atomic E-state index is 0.0768. The Morgan fingerprint density at radius 3 is 2.59 bits per heavy atom. The van der Waals surface area contributed by atoms with Crippen LogP contribution in [0.4, 0.5) is 0 Å². The quantitative estimate of drug-likeness (QED) is 0.634. The van der Waals surface area contributed by atoms with Crippen molar-refractivity contribution in [1.82, 2.24) is 0 Å². The fraction of sp³-hybridized carbons (Fsp3) is 0.880. The van der Waals surface area contributed by atoms with E-state index in [1.54, 1.807) is 5.57 Å². The lowest BCUT2D eigenvalue weighted by Crippen LogP contribution is -2.57. The van der Waals surface area contributed by atoms with Gasteiger partial charge in [0.2, 0.25) is 0 Å². The van der Waals surface area contributed by atoms with Crippen LogP contribution < -0.4 is 0 Å². The van der Waals surface area contributed by atoms with Gasteiger partial charge >= 0.3 is 0 Å². The average Bonchev–Trinajstić information content (AvgIpc) is 2.90. The Morgan fingerprint density at radius 1 is 1.04 bits per heavy atom. The van der Waals surface area contributed by atoms with Crippen molar-refractivity contribution >= 4 is 5.78 Å². The van der Waals surface area contributed by atoms with Crippen LogP contribution >= 0.6 is 0 Å². The molecule has 27 heavy (non-hydrogen) atoms. The smallest absolute Gasteiger partial charge is 0.139 e. The van der Waals surface area contributed by atoms with Crippen LogP contribution in [-0.4, -0.2) is 17.0 Å². The van der Waals surface area contributed by atoms with E-state index in [0.29, 0.717) is 23.5 Å². The highest BCUT2D eigenvalue weighted by molar-refractivity contribution is 5.87. The maximum atomic E-state index is 12.6. The number of carbonyl (C=O) groups excluding carboxylic acids is 1. The Bertz CT molecular complexity index is 647. The van der Waals surface area contributed by atoms with E-state index in [1.165, 1.54) is 44.9 Å². The lowest BCUT2D eigenvalue weighted by molar-refractivity contribution is -0.155. The molecule has 2 heteroatoms. The second-order valence-corrected chi connectivity index (χ2v) is 11.3. The molecule has 2 nitrogen and oxygen atoms in total. The van der Waals surface area contributed by atoms with Crippen molar-refractivity contribution in [1.29, 1.82) is 0 Å². The Hall–Kier alpha value is -0.630. The Labute approximate surface area is 165 Å². The first kappa shape index (κ1) is 18.4. The van der Waals surface area contributed by atoms with Gasteiger partial charge in [-0.3, -0.25) is 4.79 Å². The molecule has 0 heterocycles. The van der Waals surface area contributed by atoms with Gasteiger partial charge in [-0.15, -0.1) is 0 Å². The summed E-state index contributed by atoms with van der Waals surface area (Å²) in [5.74, 6) is 3.74. The molecule has 0 radical (unpaired) electrons. The molecule has 5 aliphatic carbocycles. The predicted octanol–water partition coefficient (Wildman–Crippen LogP) is 5.69. The maximum Gasteiger partial charge on any atom is 0.139 e. The van der Waals surface area contributed by atoms with Gasteiger partial charge in [0.1, 0.15) is 5.78 Å². The summed E-state index contributed by atoms with van der Waals surface area (Å²) in [6, 6.07) is 0. The van der Waals surface area contributed by atoms with E-state index >= 15 is 0 Å². The van der Waals surface area contributed by atoms with Gasteiger partial charge < -0.3 is 5.11 Å². The van der Waals surface area contributed by atoms with Gasteiger partial charge in [0.25, 0.3) is 0 Å². The van der Waals surface area contributed by atoms with Crippen molar-refractivity contribution in [3.05, 3.63) is 11.6 Å². The molecule has 5 fully saturated rings. The number of Topliss-reactive ketones (excluding diaryl/α,β-unsaturated/α-hetero) is 1. The summed E-state index contributed by atoms with van der Waals surface area (Å²) in [4.78, 5) is 12.6. The first-order valence-electron chi connectivity index (χ1n) is 11.8. The minimum Gasteiger partial charge on any atom is -0.393 e. The van der Waals surface area contributed by atoms with E-state index in [2.05, 4.69) is 19.9 Å². The third-order valence-corrected chi connectivity index (χ3v) is 10.2. The molecule has 0 aromatic heterocycles. The van der Waals surface area contributed by atoms with E-state index in [9.17, 15) is 9.90 Å². The third-order valence-electron chi connectivity index (χ3n) is 10.2. The normalized spacial score (nSPS) is 51.4. The Balaban J connectivity index is 1.36. The van der Waals surface area contributed by atoms with Gasteiger partial charge in [0.15, 0.2) is 0 Å². The second kappa shape index (κ2) is 6.44. The third kappa shape index (κ3) is 2.72. The van der Waals surface area contributed by atoms with Crippen LogP contribution in [0.1, 0.15) is 90.9 Å². The van der Waals surface area contributed by atoms with Crippen LogP contribution in [0.2, 0.25) is 0 Å². The highest BCUT2D eigenvalue weighted by atomic mass is 16.3. The summed E-state index contributed by atoms with van der Waals surface area (Å²) in [5.41, 5.74) is 1.84. The van der Waals surface area contributed by atoms with Gasteiger partial charge in [0, 0.05) is 11.8 Å². The zero-order chi connectivity index (χ0) is 18.8. The highest BCUT2D eigenvalue weighted by Gasteiger charge is 2.61. The van der Waals surface area contributed by atoms with E-state index in [4.69, 9.17) is 0 Å². The monoisotopic (exact) mass is 370 g/mol. The zero-order valence-electron chi connectivity index (χ0n) is 17.4. The van der Waals surface area contributed by atoms with E-state index in [1.807, 2.05) is 0 Å². The van der Waals surface area contributed by atoms with Crippen molar-refractivity contribution in [2.75, 3.05) is 0 Å². The molecule has 0 spiro atoms. The van der Waals surface area contributed by atoms with E-state index in [-0.39, 0.29) is 16.9 Å². The number of fused-ring (bicyclic) bond motifs is 5. The van der Waals surface area contributed by atoms with Crippen LogP contribution in [0.3, 0.4) is 0 Å². The summed E-state index contributed by atoms with van der Waals surface area (Å²) < 4.78 is 0. The molecule has 0 saturated heterocycles. The van der Waals surface area contributed by atoms with Crippen LogP contribution in [-0.2, 0) is 4.79 Å². The van der Waals surface area contributed by atoms with Gasteiger partial charge in [-0.05, 0) is 86.4 Å². The molecule has 0 aliphatic heterocycles. The van der Waals surface area contributed by atoms with Gasteiger partial charge in [-0.25, -0.2) is 0 Å². The SMILES string of the molecule is C[C@]12CC/C(=C/CC3CCC3)CC1C(O)CC1C2CC[C@]2(C)C(=O)CCC12. The summed E-state index contributed by atoms with van der Waals surface area (Å²) in [7, 11) is 0. The van der Waals surface area contributed by atoms with Crippen molar-refractivity contribution < 1.29 is 9.90 Å². The van der Waals surface area contributed by atoms with Gasteiger partial charge in [-0.1, -0.05) is 44.8 Å². The first-order valence-corrected chi connectivity index (χ1v) is 11.8. The van der Waals surface area contributed by atoms with Crippen molar-refractivity contribution in [3.8, 4) is 0 Å². The van der Waals surface area contributed by atoms with E-state index < -0.39 is 0 Å². The molecule has 7 atom stereocenters. The largest absolute Gasteiger partial charge is 0.393 e. The van der Waals surface area contributed by atoms with Gasteiger partial charge in [-0.2, -0.15) is 0 Å². The molecule has 0 aromatic carbocycles. The summed E-state index contributed by atoms with van der Waals surface area (Å²) in [6.07, 6.45) is 16.7. The van der Waals surface area contributed by atoms with E-state index in [0.717, 1.165) is 43.9 Å². The number of aliphatic hydroxyl groups excluding tert-OH is 1. The van der Waals surface area contributed by atoms with Crippen molar-refractivity contribution in [3.63, 3.8) is 0 Å². The molecule has 5 rings (SSSR count). The Morgan fingerprint density at radius 2 is 1.85 bits per heavy atom. The number of hydrogen-bond donors (Lipinski definition) is 1. The molecule has 0 bridgehead atoms. The van der Waals surface area contributed by atoms with Crippen LogP contribution in [0.25, 0.3) is 0 Å². The number of hydrogen-bond acceptors (Lipinski definition) is 2. The molecular formula is C25H38O2. The fourth-order valence-corrected chi connectivity index (χ4v) is 8.17. The standard InChI is InChI=1S/C25H38O2/c1-24-12-10-17(7-6-16-4-3-5-16)14-21(24)22(26)15-18-19-8-9-23(27)25(19,2)13-11-20(18)24/h7,16,18-22,26H,3-6,8-15H2,1-2H3/b17-7-/t18?,19?,20?,21?,22?,24-,25+/m1/s1. The first-order chi connectivity index (χ1) is 12.9. The average molecular weight is 371 g/mol. The summed E-state index contributed by atoms with van der Waals surface area (Å²) in [5, 5.41) is 11.2. The van der Waals surface area contributed by atoms with Crippen molar-refractivity contribution in [2.24, 2.45) is 40.4 Å². The molecule has 0 amide bonds. The number of aliphatic hydroxyl groups is 1. The lowest BCUT2D eigenvalue weighted by atomic mass is 9.44. The second-order valence-electron chi connectivity index (χ2n) is 11.3. The Kier molecular flexibility index (Phi) is 4.39. The molecule has 5 unspecified atom stereocenters. The molecule has 1 N–H and O–H groups in total. The van der Waals surface area contributed by atoms with Crippen molar-refractivity contribution in [2.45, 2.75) is 97.0 Å². The molecule has 5 aliphatic rings. The summed E-state index contributed by atoms with van der Waals surface area (Å²) >= 11 is 0. The molecule has 0 aromatic rings. The highest BCUT2D eigenvalue weighted by Crippen LogP contribution is 2.65. The number of rotatable bonds is 2. The van der Waals surface area contributed by atoms with Crippen LogP contribution in [0, 0.1) is 40.4 Å². The number of ketones is 1. The lowest BCUT2D eigenvalue weighted by Gasteiger charge is -2.61. The number of carbonyl (C=O) groups is 1. The summed E-state index contributed by atoms with van der Waals surface area (Å²) in [6.45, 7) is 4.74. The number of allylic oxidation sites excluding steroid dienone is 2. The topological polar surface area (TPSA) is 37.3 Å². The van der Waals surface area contributed by atoms with Crippen LogP contribution in [0.15, 0.2) is 11.6 Å². The zero-order valence-corrected chi connectivity index (χ0v) is 17.4. The van der Waals surface area contributed by atoms with Gasteiger partial charge in [0.05, 0.1) is 6.10 Å². The fourth-order valence-electron chi connectivity index (χ4n) is 8.17. The molecule has 150 valence electrons.